The predicted molar refractivity (Wildman–Crippen MR) is 106 cm³/mol. The van der Waals surface area contributed by atoms with Crippen LogP contribution in [0.4, 0.5) is 5.82 Å². The molecule has 0 amide bonds. The van der Waals surface area contributed by atoms with Crippen molar-refractivity contribution in [3.8, 4) is 11.5 Å². The zero-order valence-corrected chi connectivity index (χ0v) is 16.1. The minimum Gasteiger partial charge on any atom is -0.478 e. The Hall–Kier alpha value is -3.20. The van der Waals surface area contributed by atoms with E-state index in [1.54, 1.807) is 6.26 Å². The SMILES string of the molecule is CN1C2CCCC1CN(c1ccc(-c3ccco3)nn1)C2.O=C(O)/C=C/C(=O)O. The van der Waals surface area contributed by atoms with Crippen LogP contribution in [0.5, 0.6) is 0 Å². The second-order valence-corrected chi connectivity index (χ2v) is 7.07. The van der Waals surface area contributed by atoms with E-state index in [1.165, 1.54) is 19.3 Å². The van der Waals surface area contributed by atoms with Crippen LogP contribution < -0.4 is 4.90 Å². The average molecular weight is 400 g/mol. The molecule has 2 aliphatic heterocycles. The van der Waals surface area contributed by atoms with E-state index in [4.69, 9.17) is 14.6 Å². The third-order valence-corrected chi connectivity index (χ3v) is 5.21. The van der Waals surface area contributed by atoms with Crippen LogP contribution in [-0.2, 0) is 9.59 Å². The summed E-state index contributed by atoms with van der Waals surface area (Å²) in [5.41, 5.74) is 0.790. The number of aliphatic carboxylic acids is 2. The minimum atomic E-state index is -1.26. The van der Waals surface area contributed by atoms with Crippen molar-refractivity contribution < 1.29 is 24.2 Å². The van der Waals surface area contributed by atoms with Gasteiger partial charge in [-0.05, 0) is 44.2 Å². The molecule has 4 rings (SSSR count). The number of hydrogen-bond acceptors (Lipinski definition) is 7. The molecule has 0 saturated carbocycles. The van der Waals surface area contributed by atoms with E-state index in [-0.39, 0.29) is 0 Å². The molecule has 2 unspecified atom stereocenters. The lowest BCUT2D eigenvalue weighted by Gasteiger charge is -2.48. The summed E-state index contributed by atoms with van der Waals surface area (Å²) >= 11 is 0. The highest BCUT2D eigenvalue weighted by Crippen LogP contribution is 2.29. The Kier molecular flexibility index (Phi) is 6.61. The second-order valence-electron chi connectivity index (χ2n) is 7.07. The van der Waals surface area contributed by atoms with Crippen LogP contribution in [0.1, 0.15) is 19.3 Å². The maximum Gasteiger partial charge on any atom is 0.328 e. The highest BCUT2D eigenvalue weighted by atomic mass is 16.4. The van der Waals surface area contributed by atoms with Crippen molar-refractivity contribution in [2.45, 2.75) is 31.3 Å². The fourth-order valence-corrected chi connectivity index (χ4v) is 3.70. The van der Waals surface area contributed by atoms with Crippen molar-refractivity contribution in [3.63, 3.8) is 0 Å². The Balaban J connectivity index is 0.000000258. The Morgan fingerprint density at radius 1 is 1.07 bits per heavy atom. The van der Waals surface area contributed by atoms with Crippen molar-refractivity contribution in [2.75, 3.05) is 25.0 Å². The molecule has 2 N–H and O–H groups in total. The van der Waals surface area contributed by atoms with Gasteiger partial charge in [0.25, 0.3) is 0 Å². The maximum absolute atomic E-state index is 9.55. The summed E-state index contributed by atoms with van der Waals surface area (Å²) in [5.74, 6) is -0.764. The van der Waals surface area contributed by atoms with Gasteiger partial charge in [-0.25, -0.2) is 9.59 Å². The number of piperidine rings is 1. The smallest absolute Gasteiger partial charge is 0.328 e. The van der Waals surface area contributed by atoms with Crippen molar-refractivity contribution in [3.05, 3.63) is 42.7 Å². The Labute approximate surface area is 168 Å². The van der Waals surface area contributed by atoms with Crippen molar-refractivity contribution >= 4 is 17.8 Å². The largest absolute Gasteiger partial charge is 0.478 e. The van der Waals surface area contributed by atoms with E-state index >= 15 is 0 Å². The summed E-state index contributed by atoms with van der Waals surface area (Å²) in [5, 5.41) is 24.3. The van der Waals surface area contributed by atoms with Gasteiger partial charge in [0, 0.05) is 37.3 Å². The Morgan fingerprint density at radius 3 is 2.21 bits per heavy atom. The van der Waals surface area contributed by atoms with E-state index in [1.807, 2.05) is 18.2 Å². The fourth-order valence-electron chi connectivity index (χ4n) is 3.70. The molecular formula is C20H24N4O5. The molecule has 2 aromatic rings. The number of piperazine rings is 1. The second kappa shape index (κ2) is 9.33. The van der Waals surface area contributed by atoms with Gasteiger partial charge < -0.3 is 19.5 Å². The number of likely N-dealkylation sites (N-methyl/N-ethyl adjacent to an activating group) is 1. The zero-order valence-electron chi connectivity index (χ0n) is 16.1. The lowest BCUT2D eigenvalue weighted by atomic mass is 9.92. The lowest BCUT2D eigenvalue weighted by molar-refractivity contribution is -0.134. The molecule has 2 atom stereocenters. The number of carboxylic acids is 2. The van der Waals surface area contributed by atoms with E-state index in [9.17, 15) is 9.59 Å². The standard InChI is InChI=1S/C16H20N4O.C4H4O4/c1-19-12-4-2-5-13(19)11-20(10-12)16-8-7-14(17-18-16)15-6-3-9-21-15;5-3(6)1-2-4(7)8/h3,6-9,12-13H,2,4-5,10-11H2,1H3;1-2H,(H,5,6)(H,7,8)/b;2-1+. The van der Waals surface area contributed by atoms with Gasteiger partial charge in [0.2, 0.25) is 0 Å². The van der Waals surface area contributed by atoms with Gasteiger partial charge in [0.05, 0.1) is 6.26 Å². The number of fused-ring (bicyclic) bond motifs is 2. The van der Waals surface area contributed by atoms with Crippen LogP contribution in [0.15, 0.2) is 47.1 Å². The normalized spacial score (nSPS) is 21.5. The Bertz CT molecular complexity index is 820. The van der Waals surface area contributed by atoms with E-state index in [2.05, 4.69) is 33.1 Å². The maximum atomic E-state index is 9.55. The van der Waals surface area contributed by atoms with Crippen LogP contribution in [0.3, 0.4) is 0 Å². The molecule has 0 aromatic carbocycles. The fraction of sp³-hybridized carbons (Fsp3) is 0.400. The first kappa shape index (κ1) is 20.5. The Morgan fingerprint density at radius 2 is 1.72 bits per heavy atom. The molecule has 29 heavy (non-hydrogen) atoms. The van der Waals surface area contributed by atoms with Gasteiger partial charge in [-0.2, -0.15) is 0 Å². The quantitative estimate of drug-likeness (QED) is 0.744. The molecule has 154 valence electrons. The zero-order chi connectivity index (χ0) is 20.8. The van der Waals surface area contributed by atoms with Crippen molar-refractivity contribution in [2.24, 2.45) is 0 Å². The van der Waals surface area contributed by atoms with E-state index in [0.29, 0.717) is 24.2 Å². The number of aromatic nitrogens is 2. The van der Waals surface area contributed by atoms with Crippen LogP contribution in [0.2, 0.25) is 0 Å². The first-order valence-electron chi connectivity index (χ1n) is 9.42. The third kappa shape index (κ3) is 5.41. The molecule has 0 radical (unpaired) electrons. The molecular weight excluding hydrogens is 376 g/mol. The van der Waals surface area contributed by atoms with Gasteiger partial charge in [-0.1, -0.05) is 6.42 Å². The molecule has 4 heterocycles. The highest BCUT2D eigenvalue weighted by molar-refractivity contribution is 5.89. The van der Waals surface area contributed by atoms with Gasteiger partial charge in [0.1, 0.15) is 5.69 Å². The number of anilines is 1. The number of carbonyl (C=O) groups is 2. The lowest BCUT2D eigenvalue weighted by Crippen LogP contribution is -2.59. The molecule has 2 aliphatic rings. The van der Waals surface area contributed by atoms with Crippen molar-refractivity contribution in [1.29, 1.82) is 0 Å². The molecule has 2 saturated heterocycles. The minimum absolute atomic E-state index is 0.558. The number of nitrogens with zero attached hydrogens (tertiary/aromatic N) is 4. The van der Waals surface area contributed by atoms with Crippen LogP contribution in [0.25, 0.3) is 11.5 Å². The summed E-state index contributed by atoms with van der Waals surface area (Å²) < 4.78 is 5.36. The van der Waals surface area contributed by atoms with Crippen LogP contribution in [0, 0.1) is 0 Å². The molecule has 2 bridgehead atoms. The van der Waals surface area contributed by atoms with Crippen LogP contribution >= 0.6 is 0 Å². The van der Waals surface area contributed by atoms with Gasteiger partial charge in [0.15, 0.2) is 11.6 Å². The van der Waals surface area contributed by atoms with Gasteiger partial charge in [-0.3, -0.25) is 4.90 Å². The third-order valence-electron chi connectivity index (χ3n) is 5.21. The monoisotopic (exact) mass is 400 g/mol. The number of hydrogen-bond donors (Lipinski definition) is 2. The molecule has 9 nitrogen and oxygen atoms in total. The van der Waals surface area contributed by atoms with Crippen molar-refractivity contribution in [1.82, 2.24) is 15.1 Å². The van der Waals surface area contributed by atoms with Gasteiger partial charge in [-0.15, -0.1) is 10.2 Å². The molecule has 2 fully saturated rings. The summed E-state index contributed by atoms with van der Waals surface area (Å²) in [7, 11) is 2.26. The molecule has 0 aliphatic carbocycles. The van der Waals surface area contributed by atoms with Gasteiger partial charge >= 0.3 is 11.9 Å². The topological polar surface area (TPSA) is 120 Å². The predicted octanol–water partition coefficient (Wildman–Crippen LogP) is 2.12. The molecule has 9 heteroatoms. The molecule has 2 aromatic heterocycles. The highest BCUT2D eigenvalue weighted by Gasteiger charge is 2.35. The number of furan rings is 1. The summed E-state index contributed by atoms with van der Waals surface area (Å²) in [6, 6.07) is 9.14. The summed E-state index contributed by atoms with van der Waals surface area (Å²) in [4.78, 5) is 24.0. The van der Waals surface area contributed by atoms with E-state index < -0.39 is 11.9 Å². The number of rotatable bonds is 4. The number of carboxylic acid groups (broad SMARTS) is 2. The van der Waals surface area contributed by atoms with Crippen LogP contribution in [-0.4, -0.2) is 69.5 Å². The summed E-state index contributed by atoms with van der Waals surface area (Å²) in [6.07, 6.45) is 6.72. The molecule has 0 spiro atoms. The first-order chi connectivity index (χ1) is 13.9. The summed E-state index contributed by atoms with van der Waals surface area (Å²) in [6.45, 7) is 2.11. The average Bonchev–Trinajstić information content (AvgIpc) is 3.22. The van der Waals surface area contributed by atoms with E-state index in [0.717, 1.165) is 30.4 Å². The first-order valence-corrected chi connectivity index (χ1v) is 9.42.